The van der Waals surface area contributed by atoms with Crippen LogP contribution in [0.5, 0.6) is 5.75 Å². The molecule has 2 aromatic rings. The lowest BCUT2D eigenvalue weighted by Crippen LogP contribution is -2.33. The summed E-state index contributed by atoms with van der Waals surface area (Å²) in [5, 5.41) is 22.1. The van der Waals surface area contributed by atoms with E-state index in [1.807, 2.05) is 0 Å². The molecule has 3 fully saturated rings. The van der Waals surface area contributed by atoms with Crippen LogP contribution in [0.1, 0.15) is 77.7 Å². The second-order valence-electron chi connectivity index (χ2n) is 9.05. The van der Waals surface area contributed by atoms with Gasteiger partial charge in [0.15, 0.2) is 5.69 Å². The number of aromatic nitrogens is 1. The van der Waals surface area contributed by atoms with Crippen molar-refractivity contribution in [3.63, 3.8) is 0 Å². The van der Waals surface area contributed by atoms with Gasteiger partial charge in [-0.1, -0.05) is 13.0 Å². The lowest BCUT2D eigenvalue weighted by Gasteiger charge is -2.33. The molecule has 2 heterocycles. The smallest absolute Gasteiger partial charge is 0.355 e. The molecule has 1 aromatic heterocycles. The fourth-order valence-corrected chi connectivity index (χ4v) is 6.09. The minimum atomic E-state index is -1.01. The predicted octanol–water partition coefficient (Wildman–Crippen LogP) is 4.58. The molecule has 2 aliphatic carbocycles. The lowest BCUT2D eigenvalue weighted by atomic mass is 9.87. The summed E-state index contributed by atoms with van der Waals surface area (Å²) in [7, 11) is 0. The number of aromatic carboxylic acids is 1. The van der Waals surface area contributed by atoms with E-state index in [1.165, 1.54) is 35.3 Å². The van der Waals surface area contributed by atoms with Crippen molar-refractivity contribution in [3.05, 3.63) is 45.4 Å². The molecule has 0 bridgehead atoms. The van der Waals surface area contributed by atoms with E-state index in [1.54, 1.807) is 5.38 Å². The van der Waals surface area contributed by atoms with Crippen LogP contribution in [0, 0.1) is 11.8 Å². The van der Waals surface area contributed by atoms with Gasteiger partial charge < -0.3 is 19.7 Å². The number of aliphatic hydroxyl groups is 1. The van der Waals surface area contributed by atoms with E-state index < -0.39 is 12.1 Å². The van der Waals surface area contributed by atoms with E-state index >= 15 is 0 Å². The average Bonchev–Trinajstić information content (AvgIpc) is 3.40. The molecule has 2 N–H and O–H groups in total. The number of thiazole rings is 1. The number of rotatable bonds is 7. The quantitative estimate of drug-likeness (QED) is 0.651. The summed E-state index contributed by atoms with van der Waals surface area (Å²) in [6.45, 7) is 2.69. The maximum absolute atomic E-state index is 11.1. The van der Waals surface area contributed by atoms with E-state index in [9.17, 15) is 9.90 Å². The number of carboxylic acid groups (broad SMARTS) is 1. The molecule has 31 heavy (non-hydrogen) atoms. The van der Waals surface area contributed by atoms with Crippen molar-refractivity contribution in [1.29, 1.82) is 0 Å². The molecule has 166 valence electrons. The molecule has 6 nitrogen and oxygen atoms in total. The molecule has 5 rings (SSSR count). The Kier molecular flexibility index (Phi) is 5.75. The average molecular weight is 444 g/mol. The Morgan fingerprint density at radius 1 is 1.29 bits per heavy atom. The van der Waals surface area contributed by atoms with Gasteiger partial charge in [0.05, 0.1) is 18.8 Å². The molecule has 2 saturated carbocycles. The first kappa shape index (κ1) is 20.9. The van der Waals surface area contributed by atoms with Crippen LogP contribution in [0.2, 0.25) is 0 Å². The summed E-state index contributed by atoms with van der Waals surface area (Å²) in [6, 6.07) is 6.44. The number of fused-ring (bicyclic) bond motifs is 1. The number of aliphatic hydroxyl groups excluding tert-OH is 1. The van der Waals surface area contributed by atoms with Crippen LogP contribution in [-0.2, 0) is 11.2 Å². The topological polar surface area (TPSA) is 88.9 Å². The highest BCUT2D eigenvalue weighted by Gasteiger charge is 2.47. The first-order chi connectivity index (χ1) is 15.0. The predicted molar refractivity (Wildman–Crippen MR) is 117 cm³/mol. The van der Waals surface area contributed by atoms with Crippen LogP contribution in [0.15, 0.2) is 23.6 Å². The van der Waals surface area contributed by atoms with Crippen LogP contribution in [0.3, 0.4) is 0 Å². The molecule has 0 spiro atoms. The number of nitrogens with zero attached hydrogens (tertiary/aromatic N) is 1. The number of benzene rings is 1. The first-order valence-corrected chi connectivity index (χ1v) is 12.2. The maximum Gasteiger partial charge on any atom is 0.355 e. The van der Waals surface area contributed by atoms with Gasteiger partial charge in [-0.05, 0) is 67.2 Å². The van der Waals surface area contributed by atoms with E-state index in [4.69, 9.17) is 14.6 Å². The number of carbonyl (C=O) groups is 1. The zero-order valence-corrected chi connectivity index (χ0v) is 18.5. The zero-order valence-electron chi connectivity index (χ0n) is 17.7. The second-order valence-corrected chi connectivity index (χ2v) is 9.94. The third-order valence-electron chi connectivity index (χ3n) is 7.07. The summed E-state index contributed by atoms with van der Waals surface area (Å²) in [4.78, 5) is 15.3. The van der Waals surface area contributed by atoms with E-state index in [-0.39, 0.29) is 29.7 Å². The largest absolute Gasteiger partial charge is 0.493 e. The van der Waals surface area contributed by atoms with Crippen LogP contribution < -0.4 is 4.74 Å². The highest BCUT2D eigenvalue weighted by atomic mass is 32.1. The standard InChI is InChI=1S/C24H29NO5S/c1-2-13-5-6-15(9-17(13)14-3-4-14)29-11-18-16-7-8-21(30-22(16)10-20(18)26)23-25-19(12-31-23)24(27)28/h5-6,9,12,14,16,18,20-22,26H,2-4,7-8,10-11H2,1H3,(H,27,28)/t16-,18-,20-,21-,22+/m1/s1. The molecule has 7 heteroatoms. The minimum Gasteiger partial charge on any atom is -0.493 e. The van der Waals surface area contributed by atoms with E-state index in [0.29, 0.717) is 24.0 Å². The van der Waals surface area contributed by atoms with Gasteiger partial charge in [-0.25, -0.2) is 9.78 Å². The van der Waals surface area contributed by atoms with E-state index in [2.05, 4.69) is 30.1 Å². The molecular weight excluding hydrogens is 414 g/mol. The third kappa shape index (κ3) is 4.23. The first-order valence-electron chi connectivity index (χ1n) is 11.3. The summed E-state index contributed by atoms with van der Waals surface area (Å²) in [5.74, 6) is 0.876. The van der Waals surface area contributed by atoms with Crippen molar-refractivity contribution in [2.24, 2.45) is 11.8 Å². The monoisotopic (exact) mass is 443 g/mol. The van der Waals surface area contributed by atoms with Crippen LogP contribution in [0.4, 0.5) is 0 Å². The molecule has 1 saturated heterocycles. The molecule has 0 unspecified atom stereocenters. The summed E-state index contributed by atoms with van der Waals surface area (Å²) >= 11 is 1.34. The van der Waals surface area contributed by atoms with Crippen molar-refractivity contribution in [1.82, 2.24) is 4.98 Å². The normalized spacial score (nSPS) is 30.2. The molecule has 1 aromatic carbocycles. The molecule has 5 atom stereocenters. The zero-order chi connectivity index (χ0) is 21.5. The van der Waals surface area contributed by atoms with Gasteiger partial charge in [-0.3, -0.25) is 0 Å². The van der Waals surface area contributed by atoms with Gasteiger partial charge in [0.1, 0.15) is 16.9 Å². The van der Waals surface area contributed by atoms with Gasteiger partial charge in [0.2, 0.25) is 0 Å². The minimum absolute atomic E-state index is 0.0379. The molecule has 0 radical (unpaired) electrons. The number of carboxylic acids is 1. The third-order valence-corrected chi connectivity index (χ3v) is 8.01. The van der Waals surface area contributed by atoms with E-state index in [0.717, 1.165) is 25.0 Å². The Morgan fingerprint density at radius 3 is 2.84 bits per heavy atom. The lowest BCUT2D eigenvalue weighted by molar-refractivity contribution is -0.0811. The van der Waals surface area contributed by atoms with Crippen molar-refractivity contribution in [2.75, 3.05) is 6.61 Å². The Morgan fingerprint density at radius 2 is 2.13 bits per heavy atom. The molecule has 1 aliphatic heterocycles. The Bertz CT molecular complexity index is 955. The fraction of sp³-hybridized carbons (Fsp3) is 0.583. The summed E-state index contributed by atoms with van der Waals surface area (Å²) in [6.07, 6.45) is 5.21. The Labute approximate surface area is 186 Å². The Balaban J connectivity index is 1.22. The van der Waals surface area contributed by atoms with Gasteiger partial charge in [0, 0.05) is 17.7 Å². The van der Waals surface area contributed by atoms with Gasteiger partial charge in [-0.15, -0.1) is 11.3 Å². The van der Waals surface area contributed by atoms with Crippen molar-refractivity contribution in [3.8, 4) is 5.75 Å². The molecule has 3 aliphatic rings. The second kappa shape index (κ2) is 8.52. The van der Waals surface area contributed by atoms with Gasteiger partial charge in [0.25, 0.3) is 0 Å². The highest BCUT2D eigenvalue weighted by Crippen LogP contribution is 2.47. The number of hydrogen-bond acceptors (Lipinski definition) is 6. The number of hydrogen-bond donors (Lipinski definition) is 2. The number of ether oxygens (including phenoxy) is 2. The fourth-order valence-electron chi connectivity index (χ4n) is 5.23. The summed E-state index contributed by atoms with van der Waals surface area (Å²) in [5.41, 5.74) is 2.91. The maximum atomic E-state index is 11.1. The Hall–Kier alpha value is -1.96. The van der Waals surface area contributed by atoms with Crippen LogP contribution in [0.25, 0.3) is 0 Å². The molecule has 0 amide bonds. The SMILES string of the molecule is CCc1ccc(OC[C@@H]2[C@H]3CC[C@H](c4nc(C(=O)O)cs4)O[C@H]3C[C@H]2O)cc1C1CC1. The van der Waals surface area contributed by atoms with Crippen molar-refractivity contribution >= 4 is 17.3 Å². The number of aryl methyl sites for hydroxylation is 1. The summed E-state index contributed by atoms with van der Waals surface area (Å²) < 4.78 is 12.4. The van der Waals surface area contributed by atoms with Crippen LogP contribution in [-0.4, -0.2) is 40.0 Å². The van der Waals surface area contributed by atoms with Crippen molar-refractivity contribution in [2.45, 2.75) is 69.7 Å². The molecular formula is C24H29NO5S. The van der Waals surface area contributed by atoms with Gasteiger partial charge in [-0.2, -0.15) is 0 Å². The van der Waals surface area contributed by atoms with Gasteiger partial charge >= 0.3 is 5.97 Å². The van der Waals surface area contributed by atoms with Crippen LogP contribution >= 0.6 is 11.3 Å². The van der Waals surface area contributed by atoms with Crippen molar-refractivity contribution < 1.29 is 24.5 Å². The highest BCUT2D eigenvalue weighted by molar-refractivity contribution is 7.09.